The molecule has 0 spiro atoms. The Morgan fingerprint density at radius 2 is 1.45 bits per heavy atom. The average molecular weight is 285 g/mol. The number of benzene rings is 1. The lowest BCUT2D eigenvalue weighted by atomic mass is 10.2. The minimum absolute atomic E-state index is 0.0134. The van der Waals surface area contributed by atoms with Crippen molar-refractivity contribution in [1.29, 1.82) is 0 Å². The van der Waals surface area contributed by atoms with Crippen LogP contribution in [0.15, 0.2) is 12.1 Å². The fourth-order valence-electron chi connectivity index (χ4n) is 1.36. The van der Waals surface area contributed by atoms with Gasteiger partial charge in [-0.15, -0.1) is 0 Å². The zero-order valence-corrected chi connectivity index (χ0v) is 10.6. The Morgan fingerprint density at radius 3 is 1.75 bits per heavy atom. The van der Waals surface area contributed by atoms with Gasteiger partial charge in [0.25, 0.3) is 11.4 Å². The number of rotatable bonds is 6. The highest BCUT2D eigenvalue weighted by Gasteiger charge is 2.32. The van der Waals surface area contributed by atoms with Crippen LogP contribution in [0, 0.1) is 36.3 Å². The Balaban J connectivity index is 3.46. The summed E-state index contributed by atoms with van der Waals surface area (Å²) in [5, 5.41) is 32.4. The minimum Gasteiger partial charge on any atom is -0.482 e. The molecule has 0 aliphatic rings. The fraction of sp³-hybridized carbons (Fsp3) is 0.400. The molecule has 0 aromatic heterocycles. The number of hydrogen-bond donors (Lipinski definition) is 0. The molecule has 1 aromatic rings. The highest BCUT2D eigenvalue weighted by molar-refractivity contribution is 5.65. The van der Waals surface area contributed by atoms with Crippen molar-refractivity contribution in [2.24, 2.45) is 5.92 Å². The quantitative estimate of drug-likeness (QED) is 0.577. The molecular formula is C10H11N3O7. The van der Waals surface area contributed by atoms with E-state index in [1.165, 1.54) is 0 Å². The van der Waals surface area contributed by atoms with Crippen LogP contribution in [-0.2, 0) is 0 Å². The minimum atomic E-state index is -0.949. The van der Waals surface area contributed by atoms with Gasteiger partial charge in [-0.3, -0.25) is 30.3 Å². The lowest BCUT2D eigenvalue weighted by Gasteiger charge is -2.09. The zero-order valence-electron chi connectivity index (χ0n) is 10.6. The molecule has 0 heterocycles. The lowest BCUT2D eigenvalue weighted by Crippen LogP contribution is -2.08. The highest BCUT2D eigenvalue weighted by Crippen LogP contribution is 2.40. The van der Waals surface area contributed by atoms with E-state index in [0.717, 1.165) is 0 Å². The second-order valence-electron chi connectivity index (χ2n) is 4.29. The van der Waals surface area contributed by atoms with Gasteiger partial charge in [0, 0.05) is 0 Å². The molecule has 108 valence electrons. The number of hydrogen-bond acceptors (Lipinski definition) is 7. The maximum atomic E-state index is 10.9. The third kappa shape index (κ3) is 3.37. The Hall–Kier alpha value is -2.78. The first-order valence-electron chi connectivity index (χ1n) is 5.48. The third-order valence-electron chi connectivity index (χ3n) is 2.20. The summed E-state index contributed by atoms with van der Waals surface area (Å²) in [4.78, 5) is 29.6. The van der Waals surface area contributed by atoms with E-state index in [4.69, 9.17) is 4.74 Å². The Bertz CT molecular complexity index is 535. The number of ether oxygens (including phenoxy) is 1. The Kier molecular flexibility index (Phi) is 4.51. The summed E-state index contributed by atoms with van der Waals surface area (Å²) in [5.41, 5.74) is -2.33. The van der Waals surface area contributed by atoms with Crippen molar-refractivity contribution in [1.82, 2.24) is 0 Å². The predicted octanol–water partition coefficient (Wildman–Crippen LogP) is 2.45. The standard InChI is InChI=1S/C10H11N3O7/c1-6(2)5-20-10-8(12(16)17)3-7(11(14)15)4-9(10)13(18)19/h3-4,6H,5H2,1-2H3. The van der Waals surface area contributed by atoms with E-state index < -0.39 is 37.6 Å². The number of nitro groups is 3. The summed E-state index contributed by atoms with van der Waals surface area (Å²) in [5.74, 6) is -0.594. The first kappa shape index (κ1) is 15.3. The van der Waals surface area contributed by atoms with E-state index in [2.05, 4.69) is 0 Å². The summed E-state index contributed by atoms with van der Waals surface area (Å²) in [6.45, 7) is 3.52. The smallest absolute Gasteiger partial charge is 0.325 e. The Morgan fingerprint density at radius 1 is 1.00 bits per heavy atom. The van der Waals surface area contributed by atoms with Gasteiger partial charge < -0.3 is 4.74 Å². The normalized spacial score (nSPS) is 10.3. The van der Waals surface area contributed by atoms with Crippen LogP contribution in [0.4, 0.5) is 17.1 Å². The average Bonchev–Trinajstić information content (AvgIpc) is 2.34. The van der Waals surface area contributed by atoms with Gasteiger partial charge in [-0.2, -0.15) is 0 Å². The summed E-state index contributed by atoms with van der Waals surface area (Å²) in [6.07, 6.45) is 0. The Labute approximate surface area is 112 Å². The van der Waals surface area contributed by atoms with E-state index in [-0.39, 0.29) is 12.5 Å². The van der Waals surface area contributed by atoms with Gasteiger partial charge in [-0.1, -0.05) is 13.8 Å². The van der Waals surface area contributed by atoms with Gasteiger partial charge in [0.15, 0.2) is 0 Å². The molecule has 0 radical (unpaired) electrons. The zero-order chi connectivity index (χ0) is 15.4. The van der Waals surface area contributed by atoms with E-state index in [0.29, 0.717) is 12.1 Å². The molecule has 0 fully saturated rings. The molecule has 0 aliphatic carbocycles. The van der Waals surface area contributed by atoms with Gasteiger partial charge in [-0.05, 0) is 5.92 Å². The van der Waals surface area contributed by atoms with Gasteiger partial charge >= 0.3 is 11.4 Å². The first-order chi connectivity index (χ1) is 9.23. The van der Waals surface area contributed by atoms with Crippen LogP contribution in [0.1, 0.15) is 13.8 Å². The largest absolute Gasteiger partial charge is 0.482 e. The van der Waals surface area contributed by atoms with Crippen molar-refractivity contribution >= 4 is 17.1 Å². The van der Waals surface area contributed by atoms with Crippen LogP contribution in [0.2, 0.25) is 0 Å². The van der Waals surface area contributed by atoms with Crippen molar-refractivity contribution < 1.29 is 19.5 Å². The summed E-state index contributed by atoms with van der Waals surface area (Å²) in [6, 6.07) is 1.28. The van der Waals surface area contributed by atoms with Gasteiger partial charge in [0.1, 0.15) is 0 Å². The van der Waals surface area contributed by atoms with Crippen LogP contribution in [0.5, 0.6) is 5.75 Å². The van der Waals surface area contributed by atoms with Crippen LogP contribution in [-0.4, -0.2) is 21.4 Å². The van der Waals surface area contributed by atoms with Crippen molar-refractivity contribution in [3.63, 3.8) is 0 Å². The number of non-ortho nitro benzene ring substituents is 1. The van der Waals surface area contributed by atoms with Crippen molar-refractivity contribution in [2.75, 3.05) is 6.61 Å². The molecule has 0 bridgehead atoms. The molecule has 10 nitrogen and oxygen atoms in total. The van der Waals surface area contributed by atoms with Gasteiger partial charge in [-0.25, -0.2) is 0 Å². The molecule has 0 unspecified atom stereocenters. The molecule has 20 heavy (non-hydrogen) atoms. The maximum absolute atomic E-state index is 10.9. The maximum Gasteiger partial charge on any atom is 0.325 e. The molecule has 0 atom stereocenters. The molecule has 10 heteroatoms. The number of nitro benzene ring substituents is 3. The summed E-state index contributed by atoms with van der Waals surface area (Å²) in [7, 11) is 0. The fourth-order valence-corrected chi connectivity index (χ4v) is 1.36. The molecule has 0 amide bonds. The SMILES string of the molecule is CC(C)COc1c([N+](=O)[O-])cc([N+](=O)[O-])cc1[N+](=O)[O-]. The van der Waals surface area contributed by atoms with E-state index in [9.17, 15) is 30.3 Å². The van der Waals surface area contributed by atoms with Crippen LogP contribution in [0.25, 0.3) is 0 Å². The molecule has 0 aliphatic heterocycles. The van der Waals surface area contributed by atoms with Gasteiger partial charge in [0.2, 0.25) is 0 Å². The molecule has 1 rings (SSSR count). The van der Waals surface area contributed by atoms with Crippen LogP contribution in [0.3, 0.4) is 0 Å². The second kappa shape index (κ2) is 5.91. The van der Waals surface area contributed by atoms with Crippen molar-refractivity contribution in [3.05, 3.63) is 42.5 Å². The summed E-state index contributed by atoms with van der Waals surface area (Å²) < 4.78 is 5.08. The third-order valence-corrected chi connectivity index (χ3v) is 2.20. The molecule has 0 saturated heterocycles. The topological polar surface area (TPSA) is 139 Å². The second-order valence-corrected chi connectivity index (χ2v) is 4.29. The number of nitrogens with zero attached hydrogens (tertiary/aromatic N) is 3. The first-order valence-corrected chi connectivity index (χ1v) is 5.48. The van der Waals surface area contributed by atoms with E-state index in [1.54, 1.807) is 13.8 Å². The summed E-state index contributed by atoms with van der Waals surface area (Å²) >= 11 is 0. The van der Waals surface area contributed by atoms with Crippen LogP contribution < -0.4 is 4.74 Å². The monoisotopic (exact) mass is 285 g/mol. The van der Waals surface area contributed by atoms with Crippen LogP contribution >= 0.6 is 0 Å². The van der Waals surface area contributed by atoms with E-state index >= 15 is 0 Å². The highest BCUT2D eigenvalue weighted by atomic mass is 16.6. The van der Waals surface area contributed by atoms with Crippen molar-refractivity contribution in [3.8, 4) is 5.75 Å². The van der Waals surface area contributed by atoms with E-state index in [1.807, 2.05) is 0 Å². The lowest BCUT2D eigenvalue weighted by molar-refractivity contribution is -0.404. The molecule has 1 aromatic carbocycles. The van der Waals surface area contributed by atoms with Crippen molar-refractivity contribution in [2.45, 2.75) is 13.8 Å². The van der Waals surface area contributed by atoms with Gasteiger partial charge in [0.05, 0.1) is 33.5 Å². The molecular weight excluding hydrogens is 274 g/mol. The predicted molar refractivity (Wildman–Crippen MR) is 66.7 cm³/mol. The molecule has 0 N–H and O–H groups in total. The molecule has 0 saturated carbocycles.